The van der Waals surface area contributed by atoms with Crippen LogP contribution in [0.4, 0.5) is 0 Å². The van der Waals surface area contributed by atoms with Crippen molar-refractivity contribution in [3.8, 4) is 0 Å². The minimum absolute atomic E-state index is 0.00923. The number of sulfonamides is 2. The molecule has 0 spiro atoms. The average molecular weight is 554 g/mol. The maximum Gasteiger partial charge on any atom is 0.242 e. The Balaban J connectivity index is 1.64. The second kappa shape index (κ2) is 10.3. The molecule has 0 fully saturated rings. The quantitative estimate of drug-likeness (QED) is 0.398. The number of benzene rings is 3. The maximum atomic E-state index is 12.5. The van der Waals surface area contributed by atoms with E-state index >= 15 is 0 Å². The molecule has 0 aliphatic carbocycles. The van der Waals surface area contributed by atoms with E-state index in [4.69, 9.17) is 46.4 Å². The van der Waals surface area contributed by atoms with E-state index in [1.807, 2.05) is 0 Å². The van der Waals surface area contributed by atoms with Crippen LogP contribution in [0.25, 0.3) is 0 Å². The molecule has 32 heavy (non-hydrogen) atoms. The number of rotatable bonds is 8. The number of hydrogen-bond acceptors (Lipinski definition) is 4. The topological polar surface area (TPSA) is 92.3 Å². The first-order valence-corrected chi connectivity index (χ1v) is 13.4. The summed E-state index contributed by atoms with van der Waals surface area (Å²) in [4.78, 5) is -0.227. The Labute approximate surface area is 206 Å². The predicted octanol–water partition coefficient (Wildman–Crippen LogP) is 5.26. The van der Waals surface area contributed by atoms with Crippen molar-refractivity contribution in [1.29, 1.82) is 0 Å². The first-order chi connectivity index (χ1) is 15.0. The fourth-order valence-electron chi connectivity index (χ4n) is 2.65. The predicted molar refractivity (Wildman–Crippen MR) is 127 cm³/mol. The van der Waals surface area contributed by atoms with Crippen LogP contribution in [0, 0.1) is 0 Å². The van der Waals surface area contributed by atoms with Gasteiger partial charge in [0, 0.05) is 23.1 Å². The molecule has 0 heterocycles. The zero-order valence-corrected chi connectivity index (χ0v) is 20.8. The van der Waals surface area contributed by atoms with Crippen molar-refractivity contribution >= 4 is 66.5 Å². The van der Waals surface area contributed by atoms with Gasteiger partial charge in [0.15, 0.2) is 0 Å². The Kier molecular flexibility index (Phi) is 8.11. The Morgan fingerprint density at radius 3 is 1.25 bits per heavy atom. The standard InChI is InChI=1S/C20H16Cl4N2O4S2/c21-15-5-7-17(23)19(9-15)31(27,28)25-11-13-1-2-14(4-3-13)12-26-32(29,30)20-10-16(22)6-8-18(20)24/h1-10,25-26H,11-12H2. The molecule has 2 N–H and O–H groups in total. The van der Waals surface area contributed by atoms with Crippen molar-refractivity contribution in [2.75, 3.05) is 0 Å². The zero-order chi connectivity index (χ0) is 23.5. The summed E-state index contributed by atoms with van der Waals surface area (Å²) >= 11 is 23.7. The zero-order valence-electron chi connectivity index (χ0n) is 16.1. The van der Waals surface area contributed by atoms with Crippen LogP contribution < -0.4 is 9.44 Å². The van der Waals surface area contributed by atoms with Crippen LogP contribution >= 0.6 is 46.4 Å². The highest BCUT2D eigenvalue weighted by Gasteiger charge is 2.19. The molecule has 3 aromatic rings. The van der Waals surface area contributed by atoms with Crippen LogP contribution in [0.1, 0.15) is 11.1 Å². The van der Waals surface area contributed by atoms with E-state index in [-0.39, 0.29) is 43.0 Å². The lowest BCUT2D eigenvalue weighted by Crippen LogP contribution is -2.24. The van der Waals surface area contributed by atoms with Crippen molar-refractivity contribution in [1.82, 2.24) is 9.44 Å². The monoisotopic (exact) mass is 552 g/mol. The number of nitrogens with one attached hydrogen (secondary N) is 2. The van der Waals surface area contributed by atoms with Gasteiger partial charge in [-0.25, -0.2) is 26.3 Å². The fourth-order valence-corrected chi connectivity index (χ4v) is 6.21. The Hall–Kier alpha value is -1.36. The third-order valence-corrected chi connectivity index (χ3v) is 8.56. The minimum atomic E-state index is -3.87. The summed E-state index contributed by atoms with van der Waals surface area (Å²) in [5.41, 5.74) is 1.33. The lowest BCUT2D eigenvalue weighted by atomic mass is 10.1. The van der Waals surface area contributed by atoms with Crippen molar-refractivity contribution in [2.45, 2.75) is 22.9 Å². The summed E-state index contributed by atoms with van der Waals surface area (Å²) in [6.07, 6.45) is 0. The van der Waals surface area contributed by atoms with E-state index < -0.39 is 20.0 Å². The largest absolute Gasteiger partial charge is 0.242 e. The fraction of sp³-hybridized carbons (Fsp3) is 0.100. The molecule has 0 aromatic heterocycles. The Morgan fingerprint density at radius 2 is 0.906 bits per heavy atom. The highest BCUT2D eigenvalue weighted by molar-refractivity contribution is 7.89. The van der Waals surface area contributed by atoms with Gasteiger partial charge in [0.05, 0.1) is 10.0 Å². The van der Waals surface area contributed by atoms with Gasteiger partial charge < -0.3 is 0 Å². The van der Waals surface area contributed by atoms with E-state index in [9.17, 15) is 16.8 Å². The molecule has 0 radical (unpaired) electrons. The third kappa shape index (κ3) is 6.36. The van der Waals surface area contributed by atoms with Gasteiger partial charge in [0.2, 0.25) is 20.0 Å². The van der Waals surface area contributed by atoms with Crippen LogP contribution in [0.3, 0.4) is 0 Å². The highest BCUT2D eigenvalue weighted by atomic mass is 35.5. The van der Waals surface area contributed by atoms with Gasteiger partial charge >= 0.3 is 0 Å². The van der Waals surface area contributed by atoms with Crippen molar-refractivity contribution in [2.24, 2.45) is 0 Å². The van der Waals surface area contributed by atoms with Crippen LogP contribution in [0.15, 0.2) is 70.5 Å². The van der Waals surface area contributed by atoms with Gasteiger partial charge in [-0.2, -0.15) is 0 Å². The van der Waals surface area contributed by atoms with E-state index in [2.05, 4.69) is 9.44 Å². The van der Waals surface area contributed by atoms with Gasteiger partial charge in [0.1, 0.15) is 9.79 Å². The van der Waals surface area contributed by atoms with Crippen LogP contribution in [0.5, 0.6) is 0 Å². The van der Waals surface area contributed by atoms with Crippen molar-refractivity contribution < 1.29 is 16.8 Å². The van der Waals surface area contributed by atoms with Crippen LogP contribution in [-0.4, -0.2) is 16.8 Å². The maximum absolute atomic E-state index is 12.5. The third-order valence-electron chi connectivity index (χ3n) is 4.32. The number of hydrogen-bond donors (Lipinski definition) is 2. The molecule has 0 aliphatic heterocycles. The lowest BCUT2D eigenvalue weighted by molar-refractivity contribution is 0.579. The smallest absolute Gasteiger partial charge is 0.207 e. The van der Waals surface area contributed by atoms with Gasteiger partial charge in [-0.1, -0.05) is 70.7 Å². The molecule has 0 amide bonds. The van der Waals surface area contributed by atoms with Crippen molar-refractivity contribution in [3.63, 3.8) is 0 Å². The summed E-state index contributed by atoms with van der Waals surface area (Å²) in [5.74, 6) is 0. The second-order valence-electron chi connectivity index (χ2n) is 6.62. The number of halogens is 4. The Bertz CT molecular complexity index is 1240. The van der Waals surface area contributed by atoms with Crippen LogP contribution in [-0.2, 0) is 33.1 Å². The molecular formula is C20H16Cl4N2O4S2. The minimum Gasteiger partial charge on any atom is -0.207 e. The van der Waals surface area contributed by atoms with Gasteiger partial charge in [-0.05, 0) is 47.5 Å². The molecular weight excluding hydrogens is 538 g/mol. The van der Waals surface area contributed by atoms with Gasteiger partial charge in [-0.3, -0.25) is 0 Å². The Morgan fingerprint density at radius 1 is 0.562 bits per heavy atom. The van der Waals surface area contributed by atoms with E-state index in [1.165, 1.54) is 36.4 Å². The molecule has 0 unspecified atom stereocenters. The second-order valence-corrected chi connectivity index (χ2v) is 11.8. The molecule has 0 aliphatic rings. The SMILES string of the molecule is O=S(=O)(NCc1ccc(CNS(=O)(=O)c2cc(Cl)ccc2Cl)cc1)c1cc(Cl)ccc1Cl. The van der Waals surface area contributed by atoms with Crippen LogP contribution in [0.2, 0.25) is 20.1 Å². The molecule has 12 heteroatoms. The molecule has 0 saturated carbocycles. The normalized spacial score (nSPS) is 12.1. The average Bonchev–Trinajstić information content (AvgIpc) is 2.75. The molecule has 0 saturated heterocycles. The first kappa shape index (κ1) is 25.3. The molecule has 3 aromatic carbocycles. The van der Waals surface area contributed by atoms with E-state index in [0.29, 0.717) is 11.1 Å². The molecule has 170 valence electrons. The van der Waals surface area contributed by atoms with E-state index in [1.54, 1.807) is 24.3 Å². The summed E-state index contributed by atoms with van der Waals surface area (Å²) in [6.45, 7) is 0.0185. The van der Waals surface area contributed by atoms with Gasteiger partial charge in [-0.15, -0.1) is 0 Å². The summed E-state index contributed by atoms with van der Waals surface area (Å²) in [7, 11) is -7.74. The summed E-state index contributed by atoms with van der Waals surface area (Å²) in [6, 6.07) is 15.1. The first-order valence-electron chi connectivity index (χ1n) is 8.95. The molecule has 3 rings (SSSR count). The molecule has 0 atom stereocenters. The highest BCUT2D eigenvalue weighted by Crippen LogP contribution is 2.26. The van der Waals surface area contributed by atoms with E-state index in [0.717, 1.165) is 0 Å². The summed E-state index contributed by atoms with van der Waals surface area (Å²) < 4.78 is 54.9. The molecule has 0 bridgehead atoms. The lowest BCUT2D eigenvalue weighted by Gasteiger charge is -2.11. The molecule has 6 nitrogen and oxygen atoms in total. The summed E-state index contributed by atoms with van der Waals surface area (Å²) in [5, 5.41) is 0.620. The van der Waals surface area contributed by atoms with Gasteiger partial charge in [0.25, 0.3) is 0 Å². The van der Waals surface area contributed by atoms with Crippen molar-refractivity contribution in [3.05, 3.63) is 91.9 Å².